The van der Waals surface area contributed by atoms with Crippen molar-refractivity contribution >= 4 is 10.9 Å². The first kappa shape index (κ1) is 14.4. The summed E-state index contributed by atoms with van der Waals surface area (Å²) < 4.78 is 11.2. The Morgan fingerprint density at radius 2 is 1.65 bits per heavy atom. The highest BCUT2D eigenvalue weighted by molar-refractivity contribution is 5.90. The van der Waals surface area contributed by atoms with Crippen molar-refractivity contribution < 1.29 is 9.47 Å². The van der Waals surface area contributed by atoms with Crippen LogP contribution in [0.4, 0.5) is 0 Å². The minimum atomic E-state index is 0.0313. The number of benzene rings is 1. The Labute approximate surface area is 118 Å². The zero-order chi connectivity index (χ0) is 14.7. The average molecular weight is 275 g/mol. The summed E-state index contributed by atoms with van der Waals surface area (Å²) in [4.78, 5) is 16.0. The van der Waals surface area contributed by atoms with E-state index in [1.165, 1.54) is 0 Å². The van der Waals surface area contributed by atoms with Gasteiger partial charge in [0.05, 0.1) is 24.1 Å². The van der Waals surface area contributed by atoms with Crippen LogP contribution in [0.2, 0.25) is 0 Å². The normalized spacial score (nSPS) is 10.8. The predicted octanol–water partition coefficient (Wildman–Crippen LogP) is 3.20. The minimum Gasteiger partial charge on any atom is -0.493 e. The van der Waals surface area contributed by atoms with Gasteiger partial charge in [0.15, 0.2) is 5.43 Å². The lowest BCUT2D eigenvalue weighted by molar-refractivity contribution is 0.336. The number of hydrogen-bond donors (Lipinski definition) is 1. The lowest BCUT2D eigenvalue weighted by Gasteiger charge is -2.14. The highest BCUT2D eigenvalue weighted by atomic mass is 16.5. The Morgan fingerprint density at radius 1 is 1.05 bits per heavy atom. The van der Waals surface area contributed by atoms with E-state index in [2.05, 4.69) is 4.98 Å². The van der Waals surface area contributed by atoms with E-state index in [0.29, 0.717) is 36.5 Å². The van der Waals surface area contributed by atoms with Crippen LogP contribution < -0.4 is 14.9 Å². The van der Waals surface area contributed by atoms with Gasteiger partial charge in [-0.1, -0.05) is 6.92 Å². The van der Waals surface area contributed by atoms with Crippen molar-refractivity contribution in [3.8, 4) is 11.5 Å². The predicted molar refractivity (Wildman–Crippen MR) is 81.0 cm³/mol. The van der Waals surface area contributed by atoms with Crippen LogP contribution in [0.5, 0.6) is 11.5 Å². The fraction of sp³-hybridized carbons (Fsp3) is 0.438. The number of rotatable bonds is 5. The molecule has 0 bridgehead atoms. The van der Waals surface area contributed by atoms with Gasteiger partial charge < -0.3 is 14.5 Å². The second kappa shape index (κ2) is 5.99. The van der Waals surface area contributed by atoms with Crippen LogP contribution in [0.1, 0.15) is 32.0 Å². The molecule has 0 spiro atoms. The summed E-state index contributed by atoms with van der Waals surface area (Å²) >= 11 is 0. The molecular weight excluding hydrogens is 254 g/mol. The fourth-order valence-corrected chi connectivity index (χ4v) is 2.48. The molecule has 20 heavy (non-hydrogen) atoms. The summed E-state index contributed by atoms with van der Waals surface area (Å²) in [6.45, 7) is 8.81. The molecule has 0 saturated heterocycles. The molecular formula is C16H21NO3. The molecule has 0 unspecified atom stereocenters. The zero-order valence-electron chi connectivity index (χ0n) is 12.5. The van der Waals surface area contributed by atoms with Gasteiger partial charge in [0.1, 0.15) is 11.5 Å². The van der Waals surface area contributed by atoms with E-state index in [9.17, 15) is 4.79 Å². The Morgan fingerprint density at radius 3 is 2.25 bits per heavy atom. The first-order chi connectivity index (χ1) is 9.63. The smallest absolute Gasteiger partial charge is 0.196 e. The van der Waals surface area contributed by atoms with Crippen molar-refractivity contribution in [1.29, 1.82) is 0 Å². The van der Waals surface area contributed by atoms with Gasteiger partial charge in [-0.15, -0.1) is 0 Å². The number of pyridine rings is 1. The molecule has 4 heteroatoms. The zero-order valence-corrected chi connectivity index (χ0v) is 12.5. The van der Waals surface area contributed by atoms with Crippen LogP contribution in [0, 0.1) is 6.92 Å². The molecule has 0 fully saturated rings. The molecule has 4 nitrogen and oxygen atoms in total. The molecule has 108 valence electrons. The average Bonchev–Trinajstić information content (AvgIpc) is 2.42. The number of ether oxygens (including phenoxy) is 2. The van der Waals surface area contributed by atoms with E-state index in [1.54, 1.807) is 6.07 Å². The molecule has 1 aromatic carbocycles. The van der Waals surface area contributed by atoms with Gasteiger partial charge in [0.25, 0.3) is 0 Å². The molecule has 1 N–H and O–H groups in total. The number of aryl methyl sites for hydroxylation is 1. The molecule has 0 aliphatic carbocycles. The summed E-state index contributed by atoms with van der Waals surface area (Å²) in [6.07, 6.45) is 0.696. The molecule has 0 atom stereocenters. The molecule has 0 radical (unpaired) electrons. The Hall–Kier alpha value is -1.97. The standard InChI is InChI=1S/C16H21NO3/c1-5-11-10(4)17-15-13(20-7-3)9-8-12(19-6-2)14(15)16(11)18/h8-9H,5-7H2,1-4H3,(H,17,18). The number of hydrogen-bond acceptors (Lipinski definition) is 3. The van der Waals surface area contributed by atoms with E-state index in [0.717, 1.165) is 16.8 Å². The van der Waals surface area contributed by atoms with E-state index in [-0.39, 0.29) is 5.43 Å². The van der Waals surface area contributed by atoms with E-state index < -0.39 is 0 Å². The number of aromatic nitrogens is 1. The highest BCUT2D eigenvalue weighted by Crippen LogP contribution is 2.30. The first-order valence-corrected chi connectivity index (χ1v) is 7.08. The highest BCUT2D eigenvalue weighted by Gasteiger charge is 2.15. The van der Waals surface area contributed by atoms with Gasteiger partial charge in [0, 0.05) is 11.3 Å². The van der Waals surface area contributed by atoms with Crippen LogP contribution in [0.3, 0.4) is 0 Å². The number of nitrogens with one attached hydrogen (secondary N) is 1. The van der Waals surface area contributed by atoms with E-state index >= 15 is 0 Å². The lowest BCUT2D eigenvalue weighted by atomic mass is 10.1. The Balaban J connectivity index is 2.85. The minimum absolute atomic E-state index is 0.0313. The SMILES string of the molecule is CCOc1ccc(OCC)c2c(=O)c(CC)c(C)[nH]c12. The summed E-state index contributed by atoms with van der Waals surface area (Å²) in [7, 11) is 0. The van der Waals surface area contributed by atoms with Crippen molar-refractivity contribution in [2.45, 2.75) is 34.1 Å². The summed E-state index contributed by atoms with van der Waals surface area (Å²) in [5, 5.41) is 0.584. The van der Waals surface area contributed by atoms with Crippen LogP contribution in [-0.4, -0.2) is 18.2 Å². The van der Waals surface area contributed by atoms with Crippen molar-refractivity contribution in [1.82, 2.24) is 4.98 Å². The van der Waals surface area contributed by atoms with Crippen molar-refractivity contribution in [3.63, 3.8) is 0 Å². The second-order valence-electron chi connectivity index (χ2n) is 4.59. The molecule has 1 heterocycles. The van der Waals surface area contributed by atoms with Crippen LogP contribution in [0.25, 0.3) is 10.9 Å². The lowest BCUT2D eigenvalue weighted by Crippen LogP contribution is -2.14. The van der Waals surface area contributed by atoms with E-state index in [1.807, 2.05) is 33.8 Å². The van der Waals surface area contributed by atoms with Gasteiger partial charge >= 0.3 is 0 Å². The van der Waals surface area contributed by atoms with Gasteiger partial charge in [0.2, 0.25) is 0 Å². The molecule has 0 amide bonds. The second-order valence-corrected chi connectivity index (χ2v) is 4.59. The Bertz CT molecular complexity index is 673. The first-order valence-electron chi connectivity index (χ1n) is 7.08. The molecule has 0 aliphatic rings. The molecule has 0 saturated carbocycles. The topological polar surface area (TPSA) is 51.3 Å². The van der Waals surface area contributed by atoms with Gasteiger partial charge in [-0.2, -0.15) is 0 Å². The summed E-state index contributed by atoms with van der Waals surface area (Å²) in [5.41, 5.74) is 2.44. The van der Waals surface area contributed by atoms with Crippen LogP contribution in [-0.2, 0) is 6.42 Å². The van der Waals surface area contributed by atoms with E-state index in [4.69, 9.17) is 9.47 Å². The molecule has 2 rings (SSSR count). The maximum absolute atomic E-state index is 12.7. The summed E-state index contributed by atoms with van der Waals surface area (Å²) in [6, 6.07) is 3.65. The molecule has 0 aliphatic heterocycles. The maximum Gasteiger partial charge on any atom is 0.196 e. The van der Waals surface area contributed by atoms with Gasteiger partial charge in [-0.05, 0) is 39.3 Å². The number of H-pyrrole nitrogens is 1. The van der Waals surface area contributed by atoms with Crippen molar-refractivity contribution in [2.24, 2.45) is 0 Å². The number of aromatic amines is 1. The monoisotopic (exact) mass is 275 g/mol. The van der Waals surface area contributed by atoms with Crippen molar-refractivity contribution in [2.75, 3.05) is 13.2 Å². The quantitative estimate of drug-likeness (QED) is 0.911. The van der Waals surface area contributed by atoms with Crippen LogP contribution >= 0.6 is 0 Å². The third kappa shape index (κ3) is 2.38. The third-order valence-corrected chi connectivity index (χ3v) is 3.35. The van der Waals surface area contributed by atoms with Gasteiger partial charge in [-0.3, -0.25) is 4.79 Å². The molecule has 2 aromatic rings. The molecule has 1 aromatic heterocycles. The fourth-order valence-electron chi connectivity index (χ4n) is 2.48. The number of fused-ring (bicyclic) bond motifs is 1. The maximum atomic E-state index is 12.7. The van der Waals surface area contributed by atoms with Crippen molar-refractivity contribution in [3.05, 3.63) is 33.6 Å². The third-order valence-electron chi connectivity index (χ3n) is 3.35. The largest absolute Gasteiger partial charge is 0.493 e. The summed E-state index contributed by atoms with van der Waals surface area (Å²) in [5.74, 6) is 1.30. The van der Waals surface area contributed by atoms with Crippen LogP contribution in [0.15, 0.2) is 16.9 Å². The Kier molecular flexibility index (Phi) is 4.32. The van der Waals surface area contributed by atoms with Gasteiger partial charge in [-0.25, -0.2) is 0 Å².